The summed E-state index contributed by atoms with van der Waals surface area (Å²) in [5, 5.41) is 12.4. The largest absolute Gasteiger partial charge is 0.497 e. The van der Waals surface area contributed by atoms with E-state index in [1.54, 1.807) is 56.5 Å². The van der Waals surface area contributed by atoms with Crippen molar-refractivity contribution in [3.8, 4) is 11.5 Å². The molecule has 0 radical (unpaired) electrons. The lowest BCUT2D eigenvalue weighted by atomic mass is 10.1. The first-order valence-corrected chi connectivity index (χ1v) is 6.86. The Morgan fingerprint density at radius 2 is 1.91 bits per heavy atom. The molecule has 0 fully saturated rings. The summed E-state index contributed by atoms with van der Waals surface area (Å²) >= 11 is 0. The number of hydrogen-bond donors (Lipinski definition) is 2. The van der Waals surface area contributed by atoms with E-state index in [4.69, 9.17) is 9.47 Å². The second-order valence-electron chi connectivity index (χ2n) is 4.82. The maximum Gasteiger partial charge on any atom is 0.259 e. The molecule has 0 saturated heterocycles. The van der Waals surface area contributed by atoms with Crippen LogP contribution in [0.4, 0.5) is 5.69 Å². The van der Waals surface area contributed by atoms with Crippen LogP contribution < -0.4 is 14.8 Å². The van der Waals surface area contributed by atoms with Gasteiger partial charge in [0, 0.05) is 11.8 Å². The lowest BCUT2D eigenvalue weighted by molar-refractivity contribution is 0.102. The SMILES string of the molecule is COc1ccc(C(=O)Nc2cccc([C@H](C)O)c2)c(OC)c1. The van der Waals surface area contributed by atoms with Gasteiger partial charge in [-0.3, -0.25) is 4.79 Å². The van der Waals surface area contributed by atoms with Gasteiger partial charge < -0.3 is 19.9 Å². The third-order valence-corrected chi connectivity index (χ3v) is 3.28. The monoisotopic (exact) mass is 301 g/mol. The number of methoxy groups -OCH3 is 2. The molecule has 0 bridgehead atoms. The van der Waals surface area contributed by atoms with Crippen LogP contribution >= 0.6 is 0 Å². The van der Waals surface area contributed by atoms with Crippen molar-refractivity contribution in [3.63, 3.8) is 0 Å². The molecule has 0 aliphatic heterocycles. The highest BCUT2D eigenvalue weighted by molar-refractivity contribution is 6.06. The molecule has 2 aromatic carbocycles. The molecule has 2 N–H and O–H groups in total. The lowest BCUT2D eigenvalue weighted by Gasteiger charge is -2.12. The summed E-state index contributed by atoms with van der Waals surface area (Å²) in [7, 11) is 3.05. The van der Waals surface area contributed by atoms with Crippen LogP contribution in [0.1, 0.15) is 28.9 Å². The van der Waals surface area contributed by atoms with Crippen molar-refractivity contribution in [2.45, 2.75) is 13.0 Å². The highest BCUT2D eigenvalue weighted by atomic mass is 16.5. The van der Waals surface area contributed by atoms with Gasteiger partial charge in [-0.25, -0.2) is 0 Å². The molecule has 0 heterocycles. The standard InChI is InChI=1S/C17H19NO4/c1-11(19)12-5-4-6-13(9-12)18-17(20)15-8-7-14(21-2)10-16(15)22-3/h4-11,19H,1-3H3,(H,18,20)/t11-/m0/s1. The van der Waals surface area contributed by atoms with Crippen molar-refractivity contribution in [3.05, 3.63) is 53.6 Å². The van der Waals surface area contributed by atoms with Crippen molar-refractivity contribution < 1.29 is 19.4 Å². The van der Waals surface area contributed by atoms with Gasteiger partial charge in [0.05, 0.1) is 25.9 Å². The fraction of sp³-hybridized carbons (Fsp3) is 0.235. The third kappa shape index (κ3) is 3.56. The van der Waals surface area contributed by atoms with Gasteiger partial charge in [0.2, 0.25) is 0 Å². The molecular formula is C17H19NO4. The van der Waals surface area contributed by atoms with Gasteiger partial charge >= 0.3 is 0 Å². The average molecular weight is 301 g/mol. The first kappa shape index (κ1) is 15.9. The fourth-order valence-corrected chi connectivity index (χ4v) is 2.06. The number of carbonyl (C=O) groups excluding carboxylic acids is 1. The maximum absolute atomic E-state index is 12.4. The zero-order chi connectivity index (χ0) is 16.1. The minimum atomic E-state index is -0.590. The van der Waals surface area contributed by atoms with Gasteiger partial charge in [-0.05, 0) is 36.8 Å². The van der Waals surface area contributed by atoms with E-state index < -0.39 is 6.10 Å². The number of aliphatic hydroxyl groups is 1. The number of benzene rings is 2. The van der Waals surface area contributed by atoms with Crippen LogP contribution in [0.25, 0.3) is 0 Å². The van der Waals surface area contributed by atoms with Crippen LogP contribution in [0.5, 0.6) is 11.5 Å². The quantitative estimate of drug-likeness (QED) is 0.891. The van der Waals surface area contributed by atoms with Gasteiger partial charge in [0.15, 0.2) is 0 Å². The summed E-state index contributed by atoms with van der Waals surface area (Å²) in [6.07, 6.45) is -0.590. The number of ether oxygens (including phenoxy) is 2. The normalized spacial score (nSPS) is 11.6. The molecule has 116 valence electrons. The summed E-state index contributed by atoms with van der Waals surface area (Å²) in [4.78, 5) is 12.4. The smallest absolute Gasteiger partial charge is 0.259 e. The average Bonchev–Trinajstić information content (AvgIpc) is 2.54. The highest BCUT2D eigenvalue weighted by Gasteiger charge is 2.14. The van der Waals surface area contributed by atoms with Crippen LogP contribution in [0.15, 0.2) is 42.5 Å². The molecule has 0 spiro atoms. The fourth-order valence-electron chi connectivity index (χ4n) is 2.06. The zero-order valence-electron chi connectivity index (χ0n) is 12.8. The van der Waals surface area contributed by atoms with Gasteiger partial charge in [0.1, 0.15) is 11.5 Å². The van der Waals surface area contributed by atoms with Crippen molar-refractivity contribution in [1.82, 2.24) is 0 Å². The van der Waals surface area contributed by atoms with Crippen LogP contribution in [0, 0.1) is 0 Å². The second-order valence-corrected chi connectivity index (χ2v) is 4.82. The Hall–Kier alpha value is -2.53. The highest BCUT2D eigenvalue weighted by Crippen LogP contribution is 2.26. The molecule has 1 atom stereocenters. The lowest BCUT2D eigenvalue weighted by Crippen LogP contribution is -2.13. The number of aliphatic hydroxyl groups excluding tert-OH is 1. The molecule has 0 aliphatic carbocycles. The summed E-state index contributed by atoms with van der Waals surface area (Å²) < 4.78 is 10.3. The van der Waals surface area contributed by atoms with Crippen molar-refractivity contribution in [1.29, 1.82) is 0 Å². The van der Waals surface area contributed by atoms with Crippen molar-refractivity contribution in [2.24, 2.45) is 0 Å². The summed E-state index contributed by atoms with van der Waals surface area (Å²) in [5.74, 6) is 0.760. The van der Waals surface area contributed by atoms with E-state index in [2.05, 4.69) is 5.32 Å². The first-order chi connectivity index (χ1) is 10.5. The molecule has 2 rings (SSSR count). The molecule has 2 aromatic rings. The second kappa shape index (κ2) is 6.95. The number of amides is 1. The number of rotatable bonds is 5. The van der Waals surface area contributed by atoms with Gasteiger partial charge in [-0.15, -0.1) is 0 Å². The summed E-state index contributed by atoms with van der Waals surface area (Å²) in [6.45, 7) is 1.67. The van der Waals surface area contributed by atoms with E-state index in [0.717, 1.165) is 5.56 Å². The number of hydrogen-bond acceptors (Lipinski definition) is 4. The van der Waals surface area contributed by atoms with E-state index in [1.165, 1.54) is 7.11 Å². The molecule has 0 saturated carbocycles. The topological polar surface area (TPSA) is 67.8 Å². The van der Waals surface area contributed by atoms with Crippen LogP contribution in [0.2, 0.25) is 0 Å². The van der Waals surface area contributed by atoms with E-state index >= 15 is 0 Å². The number of carbonyl (C=O) groups is 1. The van der Waals surface area contributed by atoms with Crippen LogP contribution in [-0.4, -0.2) is 25.2 Å². The molecule has 1 amide bonds. The first-order valence-electron chi connectivity index (χ1n) is 6.86. The molecule has 0 unspecified atom stereocenters. The zero-order valence-corrected chi connectivity index (χ0v) is 12.8. The van der Waals surface area contributed by atoms with Gasteiger partial charge in [-0.1, -0.05) is 12.1 Å². The van der Waals surface area contributed by atoms with E-state index in [0.29, 0.717) is 22.7 Å². The Balaban J connectivity index is 2.24. The number of nitrogens with one attached hydrogen (secondary N) is 1. The van der Waals surface area contributed by atoms with Crippen LogP contribution in [-0.2, 0) is 0 Å². The Labute approximate surface area is 129 Å². The molecule has 5 heteroatoms. The van der Waals surface area contributed by atoms with Gasteiger partial charge in [0.25, 0.3) is 5.91 Å². The Morgan fingerprint density at radius 1 is 1.14 bits per heavy atom. The number of anilines is 1. The van der Waals surface area contributed by atoms with Crippen molar-refractivity contribution in [2.75, 3.05) is 19.5 Å². The Kier molecular flexibility index (Phi) is 5.01. The molecule has 0 aromatic heterocycles. The predicted molar refractivity (Wildman–Crippen MR) is 84.6 cm³/mol. The van der Waals surface area contributed by atoms with Gasteiger partial charge in [-0.2, -0.15) is 0 Å². The van der Waals surface area contributed by atoms with Crippen LogP contribution in [0.3, 0.4) is 0 Å². The molecule has 5 nitrogen and oxygen atoms in total. The minimum absolute atomic E-state index is 0.290. The molecule has 0 aliphatic rings. The van der Waals surface area contributed by atoms with E-state index in [9.17, 15) is 9.90 Å². The van der Waals surface area contributed by atoms with E-state index in [-0.39, 0.29) is 5.91 Å². The molecular weight excluding hydrogens is 282 g/mol. The third-order valence-electron chi connectivity index (χ3n) is 3.28. The van der Waals surface area contributed by atoms with Crippen molar-refractivity contribution >= 4 is 11.6 Å². The maximum atomic E-state index is 12.4. The minimum Gasteiger partial charge on any atom is -0.497 e. The summed E-state index contributed by atoms with van der Waals surface area (Å²) in [6, 6.07) is 12.1. The molecule has 22 heavy (non-hydrogen) atoms. The Morgan fingerprint density at radius 3 is 2.55 bits per heavy atom. The predicted octanol–water partition coefficient (Wildman–Crippen LogP) is 3.01. The summed E-state index contributed by atoms with van der Waals surface area (Å²) in [5.41, 5.74) is 1.76. The van der Waals surface area contributed by atoms with E-state index in [1.807, 2.05) is 0 Å². The Bertz CT molecular complexity index is 667.